The summed E-state index contributed by atoms with van der Waals surface area (Å²) < 4.78 is 55.4. The van der Waals surface area contributed by atoms with Crippen molar-refractivity contribution in [1.29, 1.82) is 0 Å². The standard InChI is InChI=1S/C13H3Cl3F4O/c14-4-1-2-6(15)5(3-4)7-9(17)11(19)8(13(16)21)12(20)10(7)18/h1-3H. The molecule has 2 aromatic rings. The largest absolute Gasteiger partial charge is 0.275 e. The lowest BCUT2D eigenvalue weighted by molar-refractivity contribution is 0.107. The van der Waals surface area contributed by atoms with Crippen LogP contribution < -0.4 is 0 Å². The van der Waals surface area contributed by atoms with E-state index >= 15 is 0 Å². The van der Waals surface area contributed by atoms with E-state index in [2.05, 4.69) is 0 Å². The van der Waals surface area contributed by atoms with Gasteiger partial charge in [-0.05, 0) is 29.8 Å². The molecule has 0 fully saturated rings. The predicted molar refractivity (Wildman–Crippen MR) is 71.9 cm³/mol. The summed E-state index contributed by atoms with van der Waals surface area (Å²) in [4.78, 5) is 10.9. The van der Waals surface area contributed by atoms with Crippen molar-refractivity contribution in [2.45, 2.75) is 0 Å². The molecule has 0 saturated carbocycles. The van der Waals surface area contributed by atoms with E-state index in [4.69, 9.17) is 34.8 Å². The van der Waals surface area contributed by atoms with Gasteiger partial charge in [0.05, 0.1) is 5.56 Å². The summed E-state index contributed by atoms with van der Waals surface area (Å²) in [6.45, 7) is 0. The van der Waals surface area contributed by atoms with Crippen LogP contribution in [0, 0.1) is 23.3 Å². The van der Waals surface area contributed by atoms with Gasteiger partial charge in [-0.25, -0.2) is 17.6 Å². The van der Waals surface area contributed by atoms with Crippen molar-refractivity contribution >= 4 is 40.0 Å². The zero-order valence-electron chi connectivity index (χ0n) is 9.79. The van der Waals surface area contributed by atoms with Crippen LogP contribution in [0.15, 0.2) is 18.2 Å². The zero-order valence-corrected chi connectivity index (χ0v) is 12.1. The number of carbonyl (C=O) groups is 1. The lowest BCUT2D eigenvalue weighted by atomic mass is 10.0. The number of halogens is 7. The van der Waals surface area contributed by atoms with Crippen LogP contribution in [0.25, 0.3) is 11.1 Å². The Morgan fingerprint density at radius 1 is 0.905 bits per heavy atom. The maximum atomic E-state index is 14.0. The van der Waals surface area contributed by atoms with Crippen molar-refractivity contribution in [2.24, 2.45) is 0 Å². The van der Waals surface area contributed by atoms with E-state index in [1.165, 1.54) is 12.1 Å². The van der Waals surface area contributed by atoms with Crippen molar-refractivity contribution in [3.05, 3.63) is 57.1 Å². The molecule has 0 bridgehead atoms. The number of carbonyl (C=O) groups excluding carboxylic acids is 1. The highest BCUT2D eigenvalue weighted by atomic mass is 35.5. The molecule has 2 rings (SSSR count). The van der Waals surface area contributed by atoms with Gasteiger partial charge in [-0.15, -0.1) is 0 Å². The highest BCUT2D eigenvalue weighted by molar-refractivity contribution is 6.67. The van der Waals surface area contributed by atoms with Gasteiger partial charge in [-0.3, -0.25) is 4.79 Å². The first-order chi connectivity index (χ1) is 9.75. The molecular formula is C13H3Cl3F4O. The molecule has 21 heavy (non-hydrogen) atoms. The van der Waals surface area contributed by atoms with Crippen LogP contribution >= 0.6 is 34.8 Å². The number of rotatable bonds is 2. The van der Waals surface area contributed by atoms with E-state index < -0.39 is 39.6 Å². The van der Waals surface area contributed by atoms with Crippen molar-refractivity contribution in [3.8, 4) is 11.1 Å². The van der Waals surface area contributed by atoms with Crippen molar-refractivity contribution in [2.75, 3.05) is 0 Å². The molecule has 0 aliphatic carbocycles. The zero-order chi connectivity index (χ0) is 15.9. The Morgan fingerprint density at radius 2 is 1.43 bits per heavy atom. The van der Waals surface area contributed by atoms with E-state index in [0.717, 1.165) is 6.07 Å². The van der Waals surface area contributed by atoms with Crippen LogP contribution in [0.5, 0.6) is 0 Å². The summed E-state index contributed by atoms with van der Waals surface area (Å²) >= 11 is 16.3. The fourth-order valence-corrected chi connectivity index (χ4v) is 2.28. The number of hydrogen-bond donors (Lipinski definition) is 0. The van der Waals surface area contributed by atoms with Crippen molar-refractivity contribution < 1.29 is 22.4 Å². The first-order valence-electron chi connectivity index (χ1n) is 5.27. The molecule has 0 amide bonds. The molecule has 0 aliphatic rings. The van der Waals surface area contributed by atoms with Gasteiger partial charge in [0, 0.05) is 15.6 Å². The normalized spacial score (nSPS) is 10.8. The molecule has 110 valence electrons. The Morgan fingerprint density at radius 3 is 1.90 bits per heavy atom. The Balaban J connectivity index is 2.89. The van der Waals surface area contributed by atoms with Gasteiger partial charge in [0.15, 0.2) is 23.3 Å². The molecule has 0 heterocycles. The third-order valence-corrected chi connectivity index (χ3v) is 3.41. The minimum absolute atomic E-state index is 0.0477. The molecule has 0 spiro atoms. The second kappa shape index (κ2) is 5.83. The van der Waals surface area contributed by atoms with E-state index in [1.807, 2.05) is 0 Å². The smallest absolute Gasteiger partial charge is 0.258 e. The topological polar surface area (TPSA) is 17.1 Å². The summed E-state index contributed by atoms with van der Waals surface area (Å²) in [5.41, 5.74) is -2.93. The fraction of sp³-hybridized carbons (Fsp3) is 0. The molecule has 0 N–H and O–H groups in total. The van der Waals surface area contributed by atoms with Crippen LogP contribution in [0.4, 0.5) is 17.6 Å². The molecule has 0 aromatic heterocycles. The summed E-state index contributed by atoms with van der Waals surface area (Å²) in [6, 6.07) is 3.56. The first kappa shape index (κ1) is 16.1. The van der Waals surface area contributed by atoms with E-state index in [9.17, 15) is 22.4 Å². The lowest BCUT2D eigenvalue weighted by Crippen LogP contribution is -2.08. The molecule has 0 aliphatic heterocycles. The van der Waals surface area contributed by atoms with Crippen LogP contribution in [0.3, 0.4) is 0 Å². The van der Waals surface area contributed by atoms with Gasteiger partial charge >= 0.3 is 0 Å². The van der Waals surface area contributed by atoms with Gasteiger partial charge in [0.1, 0.15) is 5.56 Å². The summed E-state index contributed by atoms with van der Waals surface area (Å²) in [7, 11) is 0. The highest BCUT2D eigenvalue weighted by Gasteiger charge is 2.30. The van der Waals surface area contributed by atoms with E-state index in [0.29, 0.717) is 0 Å². The molecule has 0 atom stereocenters. The van der Waals surface area contributed by atoms with E-state index in [-0.39, 0.29) is 15.6 Å². The first-order valence-corrected chi connectivity index (χ1v) is 6.40. The fourth-order valence-electron chi connectivity index (χ4n) is 1.73. The Kier molecular flexibility index (Phi) is 4.46. The summed E-state index contributed by atoms with van der Waals surface area (Å²) in [5.74, 6) is -7.39. The average Bonchev–Trinajstić information content (AvgIpc) is 2.40. The minimum Gasteiger partial charge on any atom is -0.275 e. The van der Waals surface area contributed by atoms with Gasteiger partial charge in [0.2, 0.25) is 0 Å². The highest BCUT2D eigenvalue weighted by Crippen LogP contribution is 2.37. The van der Waals surface area contributed by atoms with Crippen molar-refractivity contribution in [1.82, 2.24) is 0 Å². The molecule has 0 radical (unpaired) electrons. The Labute approximate surface area is 131 Å². The average molecular weight is 358 g/mol. The number of benzene rings is 2. The summed E-state index contributed by atoms with van der Waals surface area (Å²) in [6.07, 6.45) is 0. The summed E-state index contributed by atoms with van der Waals surface area (Å²) in [5, 5.41) is -1.79. The quantitative estimate of drug-likeness (QED) is 0.389. The molecule has 0 unspecified atom stereocenters. The third-order valence-electron chi connectivity index (χ3n) is 2.66. The van der Waals surface area contributed by atoms with Gasteiger partial charge in [0.25, 0.3) is 5.24 Å². The van der Waals surface area contributed by atoms with E-state index in [1.54, 1.807) is 0 Å². The molecule has 2 aromatic carbocycles. The SMILES string of the molecule is O=C(Cl)c1c(F)c(F)c(-c2cc(Cl)ccc2Cl)c(F)c1F. The van der Waals surface area contributed by atoms with Crippen LogP contribution in [0.2, 0.25) is 10.0 Å². The minimum atomic E-state index is -1.90. The van der Waals surface area contributed by atoms with Gasteiger partial charge < -0.3 is 0 Å². The van der Waals surface area contributed by atoms with Crippen LogP contribution in [-0.4, -0.2) is 5.24 Å². The molecule has 8 heteroatoms. The predicted octanol–water partition coefficient (Wildman–Crippen LogP) is 5.60. The third kappa shape index (κ3) is 2.73. The Bertz CT molecular complexity index is 733. The second-order valence-electron chi connectivity index (χ2n) is 3.90. The maximum absolute atomic E-state index is 14.0. The van der Waals surface area contributed by atoms with Crippen LogP contribution in [-0.2, 0) is 0 Å². The second-order valence-corrected chi connectivity index (χ2v) is 5.09. The lowest BCUT2D eigenvalue weighted by Gasteiger charge is -2.11. The maximum Gasteiger partial charge on any atom is 0.258 e. The molecule has 0 saturated heterocycles. The van der Waals surface area contributed by atoms with Crippen LogP contribution in [0.1, 0.15) is 10.4 Å². The van der Waals surface area contributed by atoms with Gasteiger partial charge in [-0.2, -0.15) is 0 Å². The number of hydrogen-bond acceptors (Lipinski definition) is 1. The monoisotopic (exact) mass is 356 g/mol. The van der Waals surface area contributed by atoms with Gasteiger partial charge in [-0.1, -0.05) is 23.2 Å². The Hall–Kier alpha value is -1.30. The molecule has 1 nitrogen and oxygen atoms in total. The van der Waals surface area contributed by atoms with Crippen molar-refractivity contribution in [3.63, 3.8) is 0 Å². The molecular weight excluding hydrogens is 354 g/mol.